The standard InChI is InChI=1S/C18H25N3O3.C2H4O2/c1-13-6-3-4-7-14(13)16-17(24-12-15(22)20(16)2)18(23)21-10-5-8-19-9-11-21;1-2(3)4/h3-4,6-7,16-17,19H,5,8-12H2,1-2H3;1H3,(H,3,4)/t16-,17+;/m1./s1. The number of amides is 2. The van der Waals surface area contributed by atoms with E-state index in [1.54, 1.807) is 11.9 Å². The molecule has 28 heavy (non-hydrogen) atoms. The van der Waals surface area contributed by atoms with Crippen LogP contribution in [-0.2, 0) is 19.1 Å². The Kier molecular flexibility index (Phi) is 7.95. The largest absolute Gasteiger partial charge is 0.481 e. The zero-order valence-electron chi connectivity index (χ0n) is 16.7. The van der Waals surface area contributed by atoms with E-state index in [-0.39, 0.29) is 24.5 Å². The Balaban J connectivity index is 0.000000640. The number of carbonyl (C=O) groups is 3. The second kappa shape index (κ2) is 10.2. The minimum atomic E-state index is -0.833. The summed E-state index contributed by atoms with van der Waals surface area (Å²) in [6.07, 6.45) is 0.286. The topological polar surface area (TPSA) is 99.2 Å². The molecule has 0 saturated carbocycles. The molecular weight excluding hydrogens is 362 g/mol. The van der Waals surface area contributed by atoms with Crippen LogP contribution in [0.4, 0.5) is 0 Å². The first-order valence-electron chi connectivity index (χ1n) is 9.44. The van der Waals surface area contributed by atoms with Crippen LogP contribution in [0.1, 0.15) is 30.5 Å². The van der Waals surface area contributed by atoms with E-state index in [2.05, 4.69) is 5.32 Å². The number of hydrogen-bond acceptors (Lipinski definition) is 5. The van der Waals surface area contributed by atoms with Gasteiger partial charge < -0.3 is 25.0 Å². The maximum atomic E-state index is 13.1. The number of morpholine rings is 1. The van der Waals surface area contributed by atoms with Gasteiger partial charge in [0, 0.05) is 33.6 Å². The fourth-order valence-corrected chi connectivity index (χ4v) is 3.46. The Hall–Kier alpha value is -2.45. The maximum Gasteiger partial charge on any atom is 0.300 e. The van der Waals surface area contributed by atoms with Gasteiger partial charge in [-0.3, -0.25) is 14.4 Å². The van der Waals surface area contributed by atoms with Crippen LogP contribution in [0.3, 0.4) is 0 Å². The van der Waals surface area contributed by atoms with Crippen molar-refractivity contribution in [1.29, 1.82) is 0 Å². The molecule has 1 aromatic rings. The predicted molar refractivity (Wildman–Crippen MR) is 104 cm³/mol. The molecule has 2 N–H and O–H groups in total. The van der Waals surface area contributed by atoms with E-state index in [0.29, 0.717) is 6.54 Å². The summed E-state index contributed by atoms with van der Waals surface area (Å²) in [6.45, 7) is 6.17. The Bertz CT molecular complexity index is 697. The predicted octanol–water partition coefficient (Wildman–Crippen LogP) is 0.806. The van der Waals surface area contributed by atoms with Crippen LogP contribution >= 0.6 is 0 Å². The number of aliphatic carboxylic acids is 1. The third-order valence-electron chi connectivity index (χ3n) is 4.89. The number of nitrogens with zero attached hydrogens (tertiary/aromatic N) is 2. The first-order valence-corrected chi connectivity index (χ1v) is 9.44. The highest BCUT2D eigenvalue weighted by molar-refractivity contribution is 5.86. The molecule has 2 amide bonds. The van der Waals surface area contributed by atoms with Gasteiger partial charge in [-0.1, -0.05) is 24.3 Å². The molecule has 2 saturated heterocycles. The van der Waals surface area contributed by atoms with Crippen molar-refractivity contribution in [1.82, 2.24) is 15.1 Å². The van der Waals surface area contributed by atoms with E-state index in [4.69, 9.17) is 14.6 Å². The van der Waals surface area contributed by atoms with Crippen LogP contribution in [0.5, 0.6) is 0 Å². The molecule has 2 heterocycles. The lowest BCUT2D eigenvalue weighted by Crippen LogP contribution is -2.54. The molecule has 0 aliphatic carbocycles. The smallest absolute Gasteiger partial charge is 0.300 e. The van der Waals surface area contributed by atoms with Crippen molar-refractivity contribution < 1.29 is 24.2 Å². The van der Waals surface area contributed by atoms with Gasteiger partial charge in [-0.15, -0.1) is 0 Å². The molecule has 0 unspecified atom stereocenters. The highest BCUT2D eigenvalue weighted by Gasteiger charge is 2.42. The van der Waals surface area contributed by atoms with Gasteiger partial charge in [0.15, 0.2) is 6.10 Å². The normalized spacial score (nSPS) is 22.8. The van der Waals surface area contributed by atoms with Crippen LogP contribution in [-0.4, -0.2) is 78.6 Å². The number of ether oxygens (including phenoxy) is 1. The summed E-state index contributed by atoms with van der Waals surface area (Å²) in [6, 6.07) is 7.49. The molecule has 2 aliphatic rings. The molecule has 2 aliphatic heterocycles. The lowest BCUT2D eigenvalue weighted by atomic mass is 9.93. The molecule has 1 aromatic carbocycles. The third kappa shape index (κ3) is 5.53. The SMILES string of the molecule is CC(=O)O.Cc1ccccc1[C@@H]1[C@@H](C(=O)N2CCCNCC2)OCC(=O)N1C. The lowest BCUT2D eigenvalue weighted by Gasteiger charge is -2.40. The Morgan fingerprint density at radius 3 is 2.57 bits per heavy atom. The molecule has 0 radical (unpaired) electrons. The van der Waals surface area contributed by atoms with Gasteiger partial charge in [0.1, 0.15) is 6.61 Å². The van der Waals surface area contributed by atoms with Crippen LogP contribution in [0.2, 0.25) is 0 Å². The second-order valence-electron chi connectivity index (χ2n) is 6.99. The molecule has 154 valence electrons. The monoisotopic (exact) mass is 391 g/mol. The van der Waals surface area contributed by atoms with Crippen molar-refractivity contribution in [3.8, 4) is 0 Å². The zero-order chi connectivity index (χ0) is 20.7. The van der Waals surface area contributed by atoms with E-state index in [1.807, 2.05) is 36.1 Å². The summed E-state index contributed by atoms with van der Waals surface area (Å²) in [4.78, 5) is 37.8. The van der Waals surface area contributed by atoms with Crippen LogP contribution < -0.4 is 5.32 Å². The minimum Gasteiger partial charge on any atom is -0.481 e. The van der Waals surface area contributed by atoms with Gasteiger partial charge in [-0.05, 0) is 31.0 Å². The van der Waals surface area contributed by atoms with Crippen LogP contribution in [0.15, 0.2) is 24.3 Å². The van der Waals surface area contributed by atoms with Crippen LogP contribution in [0, 0.1) is 6.92 Å². The first-order chi connectivity index (χ1) is 13.3. The Morgan fingerprint density at radius 1 is 1.21 bits per heavy atom. The second-order valence-corrected chi connectivity index (χ2v) is 6.99. The van der Waals surface area contributed by atoms with Crippen molar-refractivity contribution in [3.05, 3.63) is 35.4 Å². The molecular formula is C20H29N3O5. The fourth-order valence-electron chi connectivity index (χ4n) is 3.46. The lowest BCUT2D eigenvalue weighted by molar-refractivity contribution is -0.167. The summed E-state index contributed by atoms with van der Waals surface area (Å²) in [5.41, 5.74) is 2.03. The van der Waals surface area contributed by atoms with E-state index in [1.165, 1.54) is 0 Å². The van der Waals surface area contributed by atoms with E-state index < -0.39 is 12.1 Å². The van der Waals surface area contributed by atoms with Gasteiger partial charge in [-0.2, -0.15) is 0 Å². The third-order valence-corrected chi connectivity index (χ3v) is 4.89. The van der Waals surface area contributed by atoms with Crippen molar-refractivity contribution >= 4 is 17.8 Å². The number of carboxylic acids is 1. The van der Waals surface area contributed by atoms with E-state index in [0.717, 1.165) is 44.1 Å². The quantitative estimate of drug-likeness (QED) is 0.774. The Morgan fingerprint density at radius 2 is 1.89 bits per heavy atom. The van der Waals surface area contributed by atoms with Gasteiger partial charge >= 0.3 is 0 Å². The van der Waals surface area contributed by atoms with Gasteiger partial charge in [0.05, 0.1) is 6.04 Å². The number of aryl methyl sites for hydroxylation is 1. The number of hydrogen-bond donors (Lipinski definition) is 2. The zero-order valence-corrected chi connectivity index (χ0v) is 16.7. The van der Waals surface area contributed by atoms with Crippen molar-refractivity contribution in [2.45, 2.75) is 32.4 Å². The number of rotatable bonds is 2. The van der Waals surface area contributed by atoms with Crippen molar-refractivity contribution in [2.24, 2.45) is 0 Å². The summed E-state index contributed by atoms with van der Waals surface area (Å²) in [5, 5.41) is 10.7. The summed E-state index contributed by atoms with van der Waals surface area (Å²) < 4.78 is 5.74. The summed E-state index contributed by atoms with van der Waals surface area (Å²) in [5.74, 6) is -0.948. The summed E-state index contributed by atoms with van der Waals surface area (Å²) >= 11 is 0. The number of benzene rings is 1. The van der Waals surface area contributed by atoms with Gasteiger partial charge in [0.2, 0.25) is 5.91 Å². The average Bonchev–Trinajstić information content (AvgIpc) is 2.93. The van der Waals surface area contributed by atoms with E-state index in [9.17, 15) is 9.59 Å². The Labute approximate surface area is 165 Å². The number of likely N-dealkylation sites (N-methyl/N-ethyl adjacent to an activating group) is 1. The van der Waals surface area contributed by atoms with E-state index >= 15 is 0 Å². The van der Waals surface area contributed by atoms with Crippen LogP contribution in [0.25, 0.3) is 0 Å². The molecule has 0 spiro atoms. The minimum absolute atomic E-state index is 0.0219. The molecule has 2 atom stereocenters. The molecule has 8 nitrogen and oxygen atoms in total. The molecule has 0 bridgehead atoms. The fraction of sp³-hybridized carbons (Fsp3) is 0.550. The number of carboxylic acid groups (broad SMARTS) is 1. The van der Waals surface area contributed by atoms with Gasteiger partial charge in [-0.25, -0.2) is 0 Å². The number of nitrogens with one attached hydrogen (secondary N) is 1. The highest BCUT2D eigenvalue weighted by Crippen LogP contribution is 2.32. The van der Waals surface area contributed by atoms with Crippen molar-refractivity contribution in [3.63, 3.8) is 0 Å². The molecule has 2 fully saturated rings. The summed E-state index contributed by atoms with van der Waals surface area (Å²) in [7, 11) is 1.76. The molecule has 3 rings (SSSR count). The average molecular weight is 391 g/mol. The first kappa shape index (κ1) is 21.8. The number of carbonyl (C=O) groups excluding carboxylic acids is 2. The highest BCUT2D eigenvalue weighted by atomic mass is 16.5. The molecule has 8 heteroatoms. The van der Waals surface area contributed by atoms with Gasteiger partial charge in [0.25, 0.3) is 11.9 Å². The maximum absolute atomic E-state index is 13.1. The van der Waals surface area contributed by atoms with Crippen molar-refractivity contribution in [2.75, 3.05) is 39.8 Å². The molecule has 0 aromatic heterocycles.